The monoisotopic (exact) mass is 332 g/mol. The molecule has 4 amide bonds. The first-order valence-electron chi connectivity index (χ1n) is 7.72. The molecular formula is C16H20N4O4. The van der Waals surface area contributed by atoms with E-state index in [9.17, 15) is 14.4 Å². The Morgan fingerprint density at radius 1 is 1.46 bits per heavy atom. The van der Waals surface area contributed by atoms with E-state index in [4.69, 9.17) is 10.5 Å². The maximum Gasteiger partial charge on any atom is 0.325 e. The Labute approximate surface area is 139 Å². The number of nitrogens with zero attached hydrogens (tertiary/aromatic N) is 1. The van der Waals surface area contributed by atoms with E-state index in [1.807, 2.05) is 0 Å². The lowest BCUT2D eigenvalue weighted by Crippen LogP contribution is -2.46. The number of anilines is 2. The third-order valence-electron chi connectivity index (χ3n) is 4.53. The van der Waals surface area contributed by atoms with Crippen LogP contribution < -0.4 is 21.1 Å². The van der Waals surface area contributed by atoms with Gasteiger partial charge in [-0.1, -0.05) is 0 Å². The van der Waals surface area contributed by atoms with Crippen molar-refractivity contribution in [1.82, 2.24) is 10.2 Å². The predicted molar refractivity (Wildman–Crippen MR) is 87.4 cm³/mol. The van der Waals surface area contributed by atoms with Crippen molar-refractivity contribution < 1.29 is 19.1 Å². The number of benzene rings is 1. The SMILES string of the molecule is COc1ccc(N)c(NC(=O)CN2C(=O)NC(C)(C3CC3)C2=O)c1. The second-order valence-electron chi connectivity index (χ2n) is 6.30. The van der Waals surface area contributed by atoms with Gasteiger partial charge in [-0.05, 0) is 37.8 Å². The molecule has 0 aromatic heterocycles. The molecule has 0 bridgehead atoms. The van der Waals surface area contributed by atoms with E-state index < -0.39 is 17.5 Å². The van der Waals surface area contributed by atoms with Crippen molar-refractivity contribution in [3.05, 3.63) is 18.2 Å². The maximum absolute atomic E-state index is 12.5. The lowest BCUT2D eigenvalue weighted by molar-refractivity contribution is -0.134. The number of hydrogen-bond acceptors (Lipinski definition) is 5. The van der Waals surface area contributed by atoms with Crippen molar-refractivity contribution >= 4 is 29.2 Å². The Morgan fingerprint density at radius 3 is 2.79 bits per heavy atom. The zero-order valence-electron chi connectivity index (χ0n) is 13.6. The Morgan fingerprint density at radius 2 is 2.17 bits per heavy atom. The molecule has 2 aliphatic rings. The van der Waals surface area contributed by atoms with Gasteiger partial charge in [0.05, 0.1) is 18.5 Å². The third kappa shape index (κ3) is 2.75. The van der Waals surface area contributed by atoms with Crippen molar-refractivity contribution in [2.45, 2.75) is 25.3 Å². The standard InChI is InChI=1S/C16H20N4O4/c1-16(9-3-4-9)14(22)20(15(23)19-16)8-13(21)18-12-7-10(24-2)5-6-11(12)17/h5-7,9H,3-4,8,17H2,1-2H3,(H,18,21)(H,19,23). The Hall–Kier alpha value is -2.77. The highest BCUT2D eigenvalue weighted by atomic mass is 16.5. The molecule has 1 heterocycles. The minimum Gasteiger partial charge on any atom is -0.497 e. The van der Waals surface area contributed by atoms with Crippen LogP contribution in [0.4, 0.5) is 16.2 Å². The Kier molecular flexibility index (Phi) is 3.82. The van der Waals surface area contributed by atoms with E-state index >= 15 is 0 Å². The van der Waals surface area contributed by atoms with Crippen LogP contribution in [0, 0.1) is 5.92 Å². The van der Waals surface area contributed by atoms with Crippen LogP contribution in [0.5, 0.6) is 5.75 Å². The number of urea groups is 1. The van der Waals surface area contributed by atoms with Crippen LogP contribution in [-0.4, -0.2) is 41.9 Å². The Balaban J connectivity index is 1.69. The van der Waals surface area contributed by atoms with Gasteiger partial charge in [0.25, 0.3) is 5.91 Å². The highest BCUT2D eigenvalue weighted by Gasteiger charge is 2.56. The first-order chi connectivity index (χ1) is 11.3. The lowest BCUT2D eigenvalue weighted by Gasteiger charge is -2.20. The van der Waals surface area contributed by atoms with Crippen molar-refractivity contribution in [3.8, 4) is 5.75 Å². The van der Waals surface area contributed by atoms with Crippen LogP contribution in [-0.2, 0) is 9.59 Å². The Bertz CT molecular complexity index is 716. The van der Waals surface area contributed by atoms with Crippen molar-refractivity contribution in [2.24, 2.45) is 5.92 Å². The van der Waals surface area contributed by atoms with Gasteiger partial charge in [-0.25, -0.2) is 4.79 Å². The fourth-order valence-corrected chi connectivity index (χ4v) is 2.90. The molecule has 8 nitrogen and oxygen atoms in total. The molecule has 0 spiro atoms. The van der Waals surface area contributed by atoms with E-state index in [1.165, 1.54) is 7.11 Å². The summed E-state index contributed by atoms with van der Waals surface area (Å²) >= 11 is 0. The van der Waals surface area contributed by atoms with E-state index in [0.717, 1.165) is 17.7 Å². The fourth-order valence-electron chi connectivity index (χ4n) is 2.90. The largest absolute Gasteiger partial charge is 0.497 e. The van der Waals surface area contributed by atoms with Crippen LogP contribution in [0.25, 0.3) is 0 Å². The van der Waals surface area contributed by atoms with Gasteiger partial charge in [-0.3, -0.25) is 14.5 Å². The van der Waals surface area contributed by atoms with E-state index in [0.29, 0.717) is 17.1 Å². The lowest BCUT2D eigenvalue weighted by atomic mass is 9.96. The first-order valence-corrected chi connectivity index (χ1v) is 7.72. The molecule has 128 valence electrons. The van der Waals surface area contributed by atoms with Crippen LogP contribution in [0.2, 0.25) is 0 Å². The zero-order valence-corrected chi connectivity index (χ0v) is 13.6. The summed E-state index contributed by atoms with van der Waals surface area (Å²) in [7, 11) is 1.50. The van der Waals surface area contributed by atoms with Gasteiger partial charge in [-0.2, -0.15) is 0 Å². The topological polar surface area (TPSA) is 114 Å². The summed E-state index contributed by atoms with van der Waals surface area (Å²) in [5.41, 5.74) is 5.66. The van der Waals surface area contributed by atoms with Gasteiger partial charge in [-0.15, -0.1) is 0 Å². The molecule has 2 fully saturated rings. The second-order valence-corrected chi connectivity index (χ2v) is 6.30. The van der Waals surface area contributed by atoms with Crippen molar-refractivity contribution in [2.75, 3.05) is 24.7 Å². The molecule has 1 aromatic carbocycles. The molecule has 3 rings (SSSR count). The van der Waals surface area contributed by atoms with Crippen molar-refractivity contribution in [1.29, 1.82) is 0 Å². The molecule has 1 aromatic rings. The number of nitrogens with two attached hydrogens (primary N) is 1. The molecule has 24 heavy (non-hydrogen) atoms. The minimum atomic E-state index is -0.896. The van der Waals surface area contributed by atoms with Crippen LogP contribution >= 0.6 is 0 Å². The number of carbonyl (C=O) groups excluding carboxylic acids is 3. The maximum atomic E-state index is 12.5. The summed E-state index contributed by atoms with van der Waals surface area (Å²) in [6.07, 6.45) is 1.81. The number of rotatable bonds is 5. The van der Waals surface area contributed by atoms with Gasteiger partial charge in [0.2, 0.25) is 5.91 Å². The molecule has 1 aliphatic carbocycles. The van der Waals surface area contributed by atoms with Crippen molar-refractivity contribution in [3.63, 3.8) is 0 Å². The summed E-state index contributed by atoms with van der Waals surface area (Å²) in [5, 5.41) is 5.31. The van der Waals surface area contributed by atoms with E-state index in [1.54, 1.807) is 25.1 Å². The average Bonchev–Trinajstić information content (AvgIpc) is 3.36. The van der Waals surface area contributed by atoms with Crippen LogP contribution in [0.3, 0.4) is 0 Å². The summed E-state index contributed by atoms with van der Waals surface area (Å²) < 4.78 is 5.08. The van der Waals surface area contributed by atoms with Gasteiger partial charge < -0.3 is 21.1 Å². The van der Waals surface area contributed by atoms with Crippen LogP contribution in [0.1, 0.15) is 19.8 Å². The molecule has 4 N–H and O–H groups in total. The molecule has 1 aliphatic heterocycles. The highest BCUT2D eigenvalue weighted by Crippen LogP contribution is 2.42. The second kappa shape index (κ2) is 5.70. The number of imide groups is 1. The molecule has 1 atom stereocenters. The number of hydrogen-bond donors (Lipinski definition) is 3. The number of amides is 4. The summed E-state index contributed by atoms with van der Waals surface area (Å²) in [6, 6.07) is 4.31. The third-order valence-corrected chi connectivity index (χ3v) is 4.53. The molecule has 1 saturated carbocycles. The average molecular weight is 332 g/mol. The van der Waals surface area contributed by atoms with Gasteiger partial charge in [0.1, 0.15) is 17.8 Å². The van der Waals surface area contributed by atoms with Gasteiger partial charge in [0, 0.05) is 6.07 Å². The number of nitrogen functional groups attached to an aromatic ring is 1. The summed E-state index contributed by atoms with van der Waals surface area (Å²) in [4.78, 5) is 37.7. The quantitative estimate of drug-likeness (QED) is 0.548. The normalized spacial score (nSPS) is 23.2. The molecule has 1 unspecified atom stereocenters. The molecule has 8 heteroatoms. The minimum absolute atomic E-state index is 0.149. The molecular weight excluding hydrogens is 312 g/mol. The van der Waals surface area contributed by atoms with E-state index in [2.05, 4.69) is 10.6 Å². The highest BCUT2D eigenvalue weighted by molar-refractivity contribution is 6.10. The predicted octanol–water partition coefficient (Wildman–Crippen LogP) is 0.936. The molecule has 0 radical (unpaired) electrons. The van der Waals surface area contributed by atoms with Gasteiger partial charge >= 0.3 is 6.03 Å². The number of ether oxygens (including phenoxy) is 1. The fraction of sp³-hybridized carbons (Fsp3) is 0.438. The first kappa shape index (κ1) is 16.1. The zero-order chi connectivity index (χ0) is 17.5. The van der Waals surface area contributed by atoms with Gasteiger partial charge in [0.15, 0.2) is 0 Å². The molecule has 1 saturated heterocycles. The summed E-state index contributed by atoms with van der Waals surface area (Å²) in [5.74, 6) is -0.172. The smallest absolute Gasteiger partial charge is 0.325 e. The number of nitrogens with one attached hydrogen (secondary N) is 2. The summed E-state index contributed by atoms with van der Waals surface area (Å²) in [6.45, 7) is 1.35. The van der Waals surface area contributed by atoms with E-state index in [-0.39, 0.29) is 18.4 Å². The van der Waals surface area contributed by atoms with Crippen LogP contribution in [0.15, 0.2) is 18.2 Å². The number of carbonyl (C=O) groups is 3. The number of methoxy groups -OCH3 is 1.